The monoisotopic (exact) mass is 343 g/mol. The highest BCUT2D eigenvalue weighted by molar-refractivity contribution is 5.72. The molecule has 0 unspecified atom stereocenters. The third kappa shape index (κ3) is 3.96. The number of ether oxygens (including phenoxy) is 3. The van der Waals surface area contributed by atoms with Crippen LogP contribution in [0, 0.1) is 0 Å². The van der Waals surface area contributed by atoms with Crippen molar-refractivity contribution >= 4 is 5.82 Å². The number of hydrogen-bond acceptors (Lipinski definition) is 6. The van der Waals surface area contributed by atoms with Gasteiger partial charge in [0.15, 0.2) is 11.5 Å². The maximum atomic E-state index is 6.21. The number of anilines is 1. The summed E-state index contributed by atoms with van der Waals surface area (Å²) in [5.74, 6) is 2.51. The van der Waals surface area contributed by atoms with Crippen molar-refractivity contribution in [2.24, 2.45) is 0 Å². The second kappa shape index (κ2) is 7.61. The average Bonchev–Trinajstić information content (AvgIpc) is 2.63. The molecule has 2 aromatic rings. The van der Waals surface area contributed by atoms with Gasteiger partial charge in [0, 0.05) is 24.7 Å². The van der Waals surface area contributed by atoms with Gasteiger partial charge < -0.3 is 24.8 Å². The molecule has 2 N–H and O–H groups in total. The summed E-state index contributed by atoms with van der Waals surface area (Å²) in [6, 6.07) is 9.28. The van der Waals surface area contributed by atoms with Gasteiger partial charge in [-0.05, 0) is 38.1 Å². The Kier molecular flexibility index (Phi) is 5.28. The van der Waals surface area contributed by atoms with Crippen LogP contribution in [0.4, 0.5) is 5.82 Å². The minimum atomic E-state index is 0.186. The molecule has 1 saturated heterocycles. The number of piperidine rings is 1. The van der Waals surface area contributed by atoms with Crippen LogP contribution >= 0.6 is 0 Å². The number of aromatic nitrogens is 1. The first kappa shape index (κ1) is 17.4. The molecule has 0 bridgehead atoms. The van der Waals surface area contributed by atoms with E-state index < -0.39 is 0 Å². The molecule has 1 aromatic heterocycles. The molecule has 1 aliphatic heterocycles. The quantitative estimate of drug-likeness (QED) is 0.900. The van der Waals surface area contributed by atoms with E-state index in [1.54, 1.807) is 20.3 Å². The number of rotatable bonds is 5. The molecule has 1 fully saturated rings. The molecule has 134 valence electrons. The fourth-order valence-corrected chi connectivity index (χ4v) is 3.05. The molecule has 0 saturated carbocycles. The Labute approximate surface area is 148 Å². The fraction of sp³-hybridized carbons (Fsp3) is 0.421. The van der Waals surface area contributed by atoms with Gasteiger partial charge in [-0.3, -0.25) is 0 Å². The van der Waals surface area contributed by atoms with Crippen molar-refractivity contribution in [2.75, 3.05) is 40.1 Å². The highest BCUT2D eigenvalue weighted by atomic mass is 16.5. The van der Waals surface area contributed by atoms with Gasteiger partial charge in [-0.25, -0.2) is 4.98 Å². The van der Waals surface area contributed by atoms with Gasteiger partial charge in [0.1, 0.15) is 17.7 Å². The van der Waals surface area contributed by atoms with E-state index in [9.17, 15) is 0 Å². The van der Waals surface area contributed by atoms with Gasteiger partial charge in [-0.1, -0.05) is 6.07 Å². The first-order valence-electron chi connectivity index (χ1n) is 8.45. The van der Waals surface area contributed by atoms with E-state index in [4.69, 9.17) is 19.9 Å². The number of hydrogen-bond donors (Lipinski definition) is 1. The summed E-state index contributed by atoms with van der Waals surface area (Å²) in [5, 5.41) is 0. The van der Waals surface area contributed by atoms with E-state index in [2.05, 4.69) is 16.9 Å². The molecule has 25 heavy (non-hydrogen) atoms. The lowest BCUT2D eigenvalue weighted by Crippen LogP contribution is -2.35. The summed E-state index contributed by atoms with van der Waals surface area (Å²) in [7, 11) is 5.41. The zero-order chi connectivity index (χ0) is 17.8. The summed E-state index contributed by atoms with van der Waals surface area (Å²) < 4.78 is 17.3. The lowest BCUT2D eigenvalue weighted by atomic mass is 10.1. The summed E-state index contributed by atoms with van der Waals surface area (Å²) in [6.07, 6.45) is 2.19. The third-order valence-electron chi connectivity index (χ3n) is 4.49. The van der Waals surface area contributed by atoms with Crippen molar-refractivity contribution in [2.45, 2.75) is 18.9 Å². The van der Waals surface area contributed by atoms with Crippen molar-refractivity contribution in [3.05, 3.63) is 30.3 Å². The van der Waals surface area contributed by atoms with Crippen molar-refractivity contribution in [1.82, 2.24) is 9.88 Å². The van der Waals surface area contributed by atoms with Crippen molar-refractivity contribution in [1.29, 1.82) is 0 Å². The Morgan fingerprint density at radius 3 is 2.40 bits per heavy atom. The second-order valence-corrected chi connectivity index (χ2v) is 6.27. The Morgan fingerprint density at radius 1 is 1.04 bits per heavy atom. The molecular weight excluding hydrogens is 318 g/mol. The van der Waals surface area contributed by atoms with Crippen LogP contribution in [-0.2, 0) is 0 Å². The molecule has 3 rings (SSSR count). The van der Waals surface area contributed by atoms with Crippen LogP contribution < -0.4 is 19.9 Å². The molecule has 0 aliphatic carbocycles. The molecule has 6 heteroatoms. The highest BCUT2D eigenvalue weighted by Gasteiger charge is 2.21. The summed E-state index contributed by atoms with van der Waals surface area (Å²) in [6.45, 7) is 2.07. The predicted octanol–water partition coefficient (Wildman–Crippen LogP) is 2.82. The summed E-state index contributed by atoms with van der Waals surface area (Å²) >= 11 is 0. The molecule has 0 radical (unpaired) electrons. The van der Waals surface area contributed by atoms with Crippen LogP contribution in [0.25, 0.3) is 11.3 Å². The number of methoxy groups -OCH3 is 2. The van der Waals surface area contributed by atoms with Crippen LogP contribution in [0.1, 0.15) is 12.8 Å². The number of nitrogens with two attached hydrogens (primary N) is 1. The van der Waals surface area contributed by atoms with Gasteiger partial charge in [-0.15, -0.1) is 0 Å². The largest absolute Gasteiger partial charge is 0.496 e. The number of benzene rings is 1. The number of nitrogens with zero attached hydrogens (tertiary/aromatic N) is 2. The van der Waals surface area contributed by atoms with Gasteiger partial charge in [0.05, 0.1) is 19.9 Å². The normalized spacial score (nSPS) is 15.8. The lowest BCUT2D eigenvalue weighted by molar-refractivity contribution is 0.111. The topological polar surface area (TPSA) is 69.8 Å². The molecule has 2 heterocycles. The van der Waals surface area contributed by atoms with Crippen molar-refractivity contribution < 1.29 is 14.2 Å². The molecule has 1 aromatic carbocycles. The molecule has 6 nitrogen and oxygen atoms in total. The Bertz CT molecular complexity index is 728. The van der Waals surface area contributed by atoms with Gasteiger partial charge >= 0.3 is 0 Å². The molecule has 0 atom stereocenters. The van der Waals surface area contributed by atoms with Crippen LogP contribution in [0.3, 0.4) is 0 Å². The summed E-state index contributed by atoms with van der Waals surface area (Å²) in [4.78, 5) is 6.69. The molecule has 1 aliphatic rings. The highest BCUT2D eigenvalue weighted by Crippen LogP contribution is 2.40. The van der Waals surface area contributed by atoms with Crippen molar-refractivity contribution in [3.8, 4) is 28.5 Å². The number of pyridine rings is 1. The van der Waals surface area contributed by atoms with E-state index in [-0.39, 0.29) is 6.10 Å². The van der Waals surface area contributed by atoms with E-state index >= 15 is 0 Å². The van der Waals surface area contributed by atoms with Crippen LogP contribution in [-0.4, -0.2) is 50.3 Å². The van der Waals surface area contributed by atoms with E-state index in [0.29, 0.717) is 23.1 Å². The average molecular weight is 343 g/mol. The van der Waals surface area contributed by atoms with Crippen molar-refractivity contribution in [3.63, 3.8) is 0 Å². The third-order valence-corrected chi connectivity index (χ3v) is 4.49. The van der Waals surface area contributed by atoms with Crippen LogP contribution in [0.15, 0.2) is 30.3 Å². The predicted molar refractivity (Wildman–Crippen MR) is 98.3 cm³/mol. The standard InChI is InChI=1S/C19H25N3O3/c1-22-9-7-13(8-10-22)25-18-12-16(23-2)14(11-17(18)24-3)15-5-4-6-19(20)21-15/h4-6,11-13H,7-10H2,1-3H3,(H2,20,21). The minimum absolute atomic E-state index is 0.186. The molecule has 0 spiro atoms. The van der Waals surface area contributed by atoms with E-state index in [0.717, 1.165) is 37.2 Å². The zero-order valence-corrected chi connectivity index (χ0v) is 15.0. The summed E-state index contributed by atoms with van der Waals surface area (Å²) in [5.41, 5.74) is 7.37. The number of nitrogen functional groups attached to an aromatic ring is 1. The minimum Gasteiger partial charge on any atom is -0.496 e. The number of likely N-dealkylation sites (tertiary alicyclic amines) is 1. The molecular formula is C19H25N3O3. The van der Waals surface area contributed by atoms with Gasteiger partial charge in [-0.2, -0.15) is 0 Å². The second-order valence-electron chi connectivity index (χ2n) is 6.27. The smallest absolute Gasteiger partial charge is 0.165 e. The SMILES string of the molecule is COc1cc(-c2cccc(N)n2)c(OC)cc1OC1CCN(C)CC1. The van der Waals surface area contributed by atoms with Gasteiger partial charge in [0.2, 0.25) is 0 Å². The van der Waals surface area contributed by atoms with E-state index in [1.165, 1.54) is 0 Å². The Balaban J connectivity index is 1.92. The van der Waals surface area contributed by atoms with Gasteiger partial charge in [0.25, 0.3) is 0 Å². The van der Waals surface area contributed by atoms with E-state index in [1.807, 2.05) is 24.3 Å². The lowest BCUT2D eigenvalue weighted by Gasteiger charge is -2.30. The Hall–Kier alpha value is -2.47. The Morgan fingerprint density at radius 2 is 1.76 bits per heavy atom. The maximum Gasteiger partial charge on any atom is 0.165 e. The first-order chi connectivity index (χ1) is 12.1. The zero-order valence-electron chi connectivity index (χ0n) is 15.0. The maximum absolute atomic E-state index is 6.21. The first-order valence-corrected chi connectivity index (χ1v) is 8.45. The van der Waals surface area contributed by atoms with Crippen LogP contribution in [0.5, 0.6) is 17.2 Å². The molecule has 0 amide bonds. The fourth-order valence-electron chi connectivity index (χ4n) is 3.05. The van der Waals surface area contributed by atoms with Crippen LogP contribution in [0.2, 0.25) is 0 Å².